The van der Waals surface area contributed by atoms with Crippen LogP contribution < -0.4 is 5.32 Å². The number of aryl methyl sites for hydroxylation is 1. The Hall–Kier alpha value is -2.13. The van der Waals surface area contributed by atoms with Gasteiger partial charge in [0.25, 0.3) is 5.91 Å². The van der Waals surface area contributed by atoms with Gasteiger partial charge in [-0.25, -0.2) is 0 Å². The minimum absolute atomic E-state index is 0.116. The van der Waals surface area contributed by atoms with E-state index in [2.05, 4.69) is 5.32 Å². The number of carbonyl (C=O) groups excluding carboxylic acids is 1. The van der Waals surface area contributed by atoms with Crippen LogP contribution in [0.3, 0.4) is 0 Å². The molecule has 0 aliphatic rings. The molecule has 2 aromatic carbocycles. The number of amides is 1. The van der Waals surface area contributed by atoms with E-state index in [4.69, 9.17) is 5.11 Å². The predicted octanol–water partition coefficient (Wildman–Crippen LogP) is 2.78. The molecule has 0 heterocycles. The van der Waals surface area contributed by atoms with Crippen LogP contribution in [0.1, 0.15) is 21.5 Å². The summed E-state index contributed by atoms with van der Waals surface area (Å²) in [5.74, 6) is -0.116. The molecule has 19 heavy (non-hydrogen) atoms. The lowest BCUT2D eigenvalue weighted by molar-refractivity contribution is 0.102. The molecule has 0 aliphatic carbocycles. The van der Waals surface area contributed by atoms with E-state index in [-0.39, 0.29) is 12.5 Å². The molecule has 0 saturated carbocycles. The van der Waals surface area contributed by atoms with Crippen LogP contribution in [0.2, 0.25) is 0 Å². The van der Waals surface area contributed by atoms with Crippen LogP contribution >= 0.6 is 0 Å². The number of aliphatic hydroxyl groups is 1. The molecule has 0 unspecified atom stereocenters. The maximum Gasteiger partial charge on any atom is 0.255 e. The Labute approximate surface area is 112 Å². The van der Waals surface area contributed by atoms with Crippen LogP contribution in [-0.2, 0) is 6.42 Å². The van der Waals surface area contributed by atoms with Crippen LogP contribution in [-0.4, -0.2) is 17.6 Å². The van der Waals surface area contributed by atoms with Crippen molar-refractivity contribution in [2.45, 2.75) is 13.3 Å². The highest BCUT2D eigenvalue weighted by Crippen LogP contribution is 2.12. The number of hydrogen-bond acceptors (Lipinski definition) is 2. The van der Waals surface area contributed by atoms with Crippen molar-refractivity contribution in [1.82, 2.24) is 0 Å². The second-order valence-electron chi connectivity index (χ2n) is 4.49. The van der Waals surface area contributed by atoms with Crippen molar-refractivity contribution >= 4 is 11.6 Å². The molecular formula is C16H17NO2. The highest BCUT2D eigenvalue weighted by molar-refractivity contribution is 6.04. The van der Waals surface area contributed by atoms with Gasteiger partial charge in [0.1, 0.15) is 0 Å². The first-order valence-corrected chi connectivity index (χ1v) is 6.27. The highest BCUT2D eigenvalue weighted by Gasteiger charge is 2.05. The first kappa shape index (κ1) is 13.3. The van der Waals surface area contributed by atoms with Crippen LogP contribution in [0.5, 0.6) is 0 Å². The summed E-state index contributed by atoms with van der Waals surface area (Å²) in [7, 11) is 0. The average molecular weight is 255 g/mol. The van der Waals surface area contributed by atoms with Crippen molar-refractivity contribution in [3.05, 3.63) is 65.2 Å². The molecule has 2 N–H and O–H groups in total. The number of carbonyl (C=O) groups is 1. The highest BCUT2D eigenvalue weighted by atomic mass is 16.2. The molecule has 0 aliphatic heterocycles. The van der Waals surface area contributed by atoms with Gasteiger partial charge in [-0.05, 0) is 43.2 Å². The third kappa shape index (κ3) is 3.66. The van der Waals surface area contributed by atoms with Crippen molar-refractivity contribution in [3.8, 4) is 0 Å². The molecule has 0 aromatic heterocycles. The SMILES string of the molecule is Cc1ccc(C(=O)Nc2ccc(CCO)cc2)cc1. The lowest BCUT2D eigenvalue weighted by Gasteiger charge is -2.06. The quantitative estimate of drug-likeness (QED) is 0.882. The lowest BCUT2D eigenvalue weighted by Crippen LogP contribution is -2.11. The number of anilines is 1. The molecule has 0 fully saturated rings. The molecule has 98 valence electrons. The van der Waals surface area contributed by atoms with E-state index in [1.54, 1.807) is 0 Å². The topological polar surface area (TPSA) is 49.3 Å². The number of aliphatic hydroxyl groups excluding tert-OH is 1. The largest absolute Gasteiger partial charge is 0.396 e. The van der Waals surface area contributed by atoms with Crippen LogP contribution in [0.4, 0.5) is 5.69 Å². The number of nitrogens with one attached hydrogen (secondary N) is 1. The second kappa shape index (κ2) is 6.16. The van der Waals surface area contributed by atoms with Crippen LogP contribution in [0.25, 0.3) is 0 Å². The molecule has 1 amide bonds. The molecule has 2 aromatic rings. The van der Waals surface area contributed by atoms with Gasteiger partial charge in [0.2, 0.25) is 0 Å². The number of rotatable bonds is 4. The Morgan fingerprint density at radius 3 is 2.26 bits per heavy atom. The van der Waals surface area contributed by atoms with Crippen molar-refractivity contribution in [3.63, 3.8) is 0 Å². The Morgan fingerprint density at radius 1 is 1.05 bits per heavy atom. The van der Waals surface area contributed by atoms with E-state index in [9.17, 15) is 4.79 Å². The van der Waals surface area contributed by atoms with E-state index < -0.39 is 0 Å². The molecular weight excluding hydrogens is 238 g/mol. The fourth-order valence-corrected chi connectivity index (χ4v) is 1.79. The van der Waals surface area contributed by atoms with E-state index in [1.807, 2.05) is 55.5 Å². The van der Waals surface area contributed by atoms with Crippen LogP contribution in [0, 0.1) is 6.92 Å². The van der Waals surface area contributed by atoms with Gasteiger partial charge in [-0.1, -0.05) is 29.8 Å². The first-order chi connectivity index (χ1) is 9.19. The summed E-state index contributed by atoms with van der Waals surface area (Å²) in [6, 6.07) is 14.9. The summed E-state index contributed by atoms with van der Waals surface area (Å²) in [4.78, 5) is 12.0. The monoisotopic (exact) mass is 255 g/mol. The molecule has 0 radical (unpaired) electrons. The minimum Gasteiger partial charge on any atom is -0.396 e. The van der Waals surface area contributed by atoms with Gasteiger partial charge in [0.15, 0.2) is 0 Å². The Morgan fingerprint density at radius 2 is 1.68 bits per heavy atom. The molecule has 3 nitrogen and oxygen atoms in total. The predicted molar refractivity (Wildman–Crippen MR) is 76.4 cm³/mol. The Balaban J connectivity index is 2.04. The zero-order valence-electron chi connectivity index (χ0n) is 10.9. The van der Waals surface area contributed by atoms with E-state index in [0.29, 0.717) is 12.0 Å². The van der Waals surface area contributed by atoms with Crippen molar-refractivity contribution in [2.75, 3.05) is 11.9 Å². The van der Waals surface area contributed by atoms with Gasteiger partial charge in [-0.15, -0.1) is 0 Å². The molecule has 0 saturated heterocycles. The van der Waals surface area contributed by atoms with E-state index in [0.717, 1.165) is 16.8 Å². The molecule has 3 heteroatoms. The number of benzene rings is 2. The summed E-state index contributed by atoms with van der Waals surface area (Å²) in [6.07, 6.45) is 0.631. The first-order valence-electron chi connectivity index (χ1n) is 6.27. The van der Waals surface area contributed by atoms with Crippen molar-refractivity contribution < 1.29 is 9.90 Å². The molecule has 0 bridgehead atoms. The fraction of sp³-hybridized carbons (Fsp3) is 0.188. The normalized spacial score (nSPS) is 10.2. The average Bonchev–Trinajstić information content (AvgIpc) is 2.42. The smallest absolute Gasteiger partial charge is 0.255 e. The summed E-state index contributed by atoms with van der Waals surface area (Å²) in [6.45, 7) is 2.12. The summed E-state index contributed by atoms with van der Waals surface area (Å²) >= 11 is 0. The lowest BCUT2D eigenvalue weighted by atomic mass is 10.1. The minimum atomic E-state index is -0.116. The van der Waals surface area contributed by atoms with E-state index >= 15 is 0 Å². The fourth-order valence-electron chi connectivity index (χ4n) is 1.79. The van der Waals surface area contributed by atoms with Gasteiger partial charge >= 0.3 is 0 Å². The standard InChI is InChI=1S/C16H17NO2/c1-12-2-6-14(7-3-12)16(19)17-15-8-4-13(5-9-15)10-11-18/h2-9,18H,10-11H2,1H3,(H,17,19). The van der Waals surface area contributed by atoms with E-state index in [1.165, 1.54) is 0 Å². The van der Waals surface area contributed by atoms with Crippen molar-refractivity contribution in [1.29, 1.82) is 0 Å². The van der Waals surface area contributed by atoms with Gasteiger partial charge in [0.05, 0.1) is 0 Å². The Kier molecular flexibility index (Phi) is 4.31. The maximum absolute atomic E-state index is 12.0. The Bertz CT molecular complexity index is 544. The van der Waals surface area contributed by atoms with Crippen molar-refractivity contribution in [2.24, 2.45) is 0 Å². The summed E-state index contributed by atoms with van der Waals surface area (Å²) < 4.78 is 0. The van der Waals surface area contributed by atoms with Gasteiger partial charge < -0.3 is 10.4 Å². The molecule has 0 spiro atoms. The zero-order chi connectivity index (χ0) is 13.7. The zero-order valence-corrected chi connectivity index (χ0v) is 10.9. The van der Waals surface area contributed by atoms with Gasteiger partial charge in [-0.2, -0.15) is 0 Å². The molecule has 0 atom stereocenters. The summed E-state index contributed by atoms with van der Waals surface area (Å²) in [5, 5.41) is 11.7. The molecule has 2 rings (SSSR count). The van der Waals surface area contributed by atoms with Crippen LogP contribution in [0.15, 0.2) is 48.5 Å². The third-order valence-electron chi connectivity index (χ3n) is 2.93. The summed E-state index contributed by atoms with van der Waals surface area (Å²) in [5.41, 5.74) is 3.58. The second-order valence-corrected chi connectivity index (χ2v) is 4.49. The third-order valence-corrected chi connectivity index (χ3v) is 2.93. The maximum atomic E-state index is 12.0. The van der Waals surface area contributed by atoms with Gasteiger partial charge in [-0.3, -0.25) is 4.79 Å². The van der Waals surface area contributed by atoms with Gasteiger partial charge in [0, 0.05) is 17.9 Å². The number of hydrogen-bond donors (Lipinski definition) is 2.